The highest BCUT2D eigenvalue weighted by Crippen LogP contribution is 2.20. The number of anilines is 1. The lowest BCUT2D eigenvalue weighted by Gasteiger charge is -2.29. The Morgan fingerprint density at radius 1 is 1.14 bits per heavy atom. The number of morpholine rings is 1. The first-order valence-corrected chi connectivity index (χ1v) is 11.2. The molecule has 0 aromatic heterocycles. The maximum Gasteiger partial charge on any atom is 0.256 e. The zero-order chi connectivity index (χ0) is 20.4. The Hall–Kier alpha value is -2.65. The number of ether oxygens (including phenoxy) is 1. The molecule has 1 aromatic carbocycles. The summed E-state index contributed by atoms with van der Waals surface area (Å²) in [5, 5.41) is 0. The Morgan fingerprint density at radius 3 is 2.59 bits per heavy atom. The van der Waals surface area contributed by atoms with Gasteiger partial charge in [-0.2, -0.15) is 0 Å². The van der Waals surface area contributed by atoms with Crippen molar-refractivity contribution in [3.63, 3.8) is 0 Å². The van der Waals surface area contributed by atoms with Crippen LogP contribution in [0.15, 0.2) is 52.6 Å². The minimum absolute atomic E-state index is 0.0480. The molecule has 154 valence electrons. The monoisotopic (exact) mass is 416 g/mol. The molecule has 8 nitrogen and oxygen atoms in total. The second-order valence-corrected chi connectivity index (χ2v) is 9.03. The SMILES string of the molecule is CN(Cc1ccc(N2CCOCC2)cc1)C(=O)C1=CN2CCS(=O)(=O)N=C2C=C1. The smallest absolute Gasteiger partial charge is 0.256 e. The molecule has 0 unspecified atom stereocenters. The highest BCUT2D eigenvalue weighted by atomic mass is 32.2. The van der Waals surface area contributed by atoms with Crippen molar-refractivity contribution < 1.29 is 17.9 Å². The van der Waals surface area contributed by atoms with Crippen molar-refractivity contribution in [1.82, 2.24) is 9.80 Å². The van der Waals surface area contributed by atoms with Crippen LogP contribution < -0.4 is 4.90 Å². The van der Waals surface area contributed by atoms with Crippen molar-refractivity contribution in [2.75, 3.05) is 50.5 Å². The molecule has 0 N–H and O–H groups in total. The number of rotatable bonds is 4. The number of benzene rings is 1. The lowest BCUT2D eigenvalue weighted by Crippen LogP contribution is -2.38. The van der Waals surface area contributed by atoms with Crippen LogP contribution in [-0.2, 0) is 26.1 Å². The van der Waals surface area contributed by atoms with Gasteiger partial charge in [-0.1, -0.05) is 12.1 Å². The summed E-state index contributed by atoms with van der Waals surface area (Å²) >= 11 is 0. The molecule has 3 aliphatic rings. The summed E-state index contributed by atoms with van der Waals surface area (Å²) in [7, 11) is -1.64. The summed E-state index contributed by atoms with van der Waals surface area (Å²) in [5.74, 6) is 0.188. The zero-order valence-electron chi connectivity index (χ0n) is 16.3. The van der Waals surface area contributed by atoms with Crippen LogP contribution in [0, 0.1) is 0 Å². The van der Waals surface area contributed by atoms with Gasteiger partial charge in [-0.3, -0.25) is 4.79 Å². The van der Waals surface area contributed by atoms with E-state index in [-0.39, 0.29) is 11.7 Å². The van der Waals surface area contributed by atoms with E-state index in [9.17, 15) is 13.2 Å². The van der Waals surface area contributed by atoms with Gasteiger partial charge in [0.1, 0.15) is 5.84 Å². The lowest BCUT2D eigenvalue weighted by atomic mass is 10.1. The van der Waals surface area contributed by atoms with E-state index in [0.29, 0.717) is 24.5 Å². The summed E-state index contributed by atoms with van der Waals surface area (Å²) < 4.78 is 32.3. The number of carbonyl (C=O) groups excluding carboxylic acids is 1. The van der Waals surface area contributed by atoms with Crippen molar-refractivity contribution in [1.29, 1.82) is 0 Å². The molecule has 0 spiro atoms. The molecule has 3 heterocycles. The van der Waals surface area contributed by atoms with E-state index in [4.69, 9.17) is 4.74 Å². The van der Waals surface area contributed by atoms with Crippen LogP contribution in [0.25, 0.3) is 0 Å². The number of amides is 1. The third-order valence-corrected chi connectivity index (χ3v) is 6.31. The molecule has 1 saturated heterocycles. The Kier molecular flexibility index (Phi) is 5.42. The van der Waals surface area contributed by atoms with E-state index >= 15 is 0 Å². The number of nitrogens with zero attached hydrogens (tertiary/aromatic N) is 4. The summed E-state index contributed by atoms with van der Waals surface area (Å²) in [5.41, 5.74) is 2.72. The quantitative estimate of drug-likeness (QED) is 0.728. The van der Waals surface area contributed by atoms with Crippen molar-refractivity contribution in [3.8, 4) is 0 Å². The minimum atomic E-state index is -3.40. The van der Waals surface area contributed by atoms with Gasteiger partial charge in [-0.05, 0) is 29.8 Å². The largest absolute Gasteiger partial charge is 0.378 e. The third-order valence-electron chi connectivity index (χ3n) is 5.15. The van der Waals surface area contributed by atoms with Crippen molar-refractivity contribution in [2.24, 2.45) is 4.40 Å². The van der Waals surface area contributed by atoms with E-state index in [0.717, 1.165) is 37.6 Å². The first-order valence-electron chi connectivity index (χ1n) is 9.58. The molecule has 4 rings (SSSR count). The van der Waals surface area contributed by atoms with Crippen LogP contribution in [0.2, 0.25) is 0 Å². The van der Waals surface area contributed by atoms with Crippen molar-refractivity contribution in [3.05, 3.63) is 53.8 Å². The number of fused-ring (bicyclic) bond motifs is 1. The normalized spacial score (nSPS) is 20.6. The zero-order valence-corrected chi connectivity index (χ0v) is 17.1. The first-order chi connectivity index (χ1) is 13.9. The summed E-state index contributed by atoms with van der Waals surface area (Å²) in [6.07, 6.45) is 4.87. The van der Waals surface area contributed by atoms with Crippen LogP contribution in [0.1, 0.15) is 5.56 Å². The number of amidine groups is 1. The molecule has 9 heteroatoms. The van der Waals surface area contributed by atoms with Crippen LogP contribution in [0.3, 0.4) is 0 Å². The van der Waals surface area contributed by atoms with Gasteiger partial charge in [0.15, 0.2) is 0 Å². The summed E-state index contributed by atoms with van der Waals surface area (Å²) in [6, 6.07) is 8.24. The highest BCUT2D eigenvalue weighted by Gasteiger charge is 2.26. The fourth-order valence-electron chi connectivity index (χ4n) is 3.53. The maximum absolute atomic E-state index is 12.8. The standard InChI is InChI=1S/C20H24N4O4S/c1-22(14-16-2-5-18(6-3-16)23-8-11-28-12-9-23)20(25)17-4-7-19-21-29(26,27)13-10-24(19)15-17/h2-7,15H,8-14H2,1H3. The van der Waals surface area contributed by atoms with E-state index in [1.54, 1.807) is 35.2 Å². The first kappa shape index (κ1) is 19.7. The molecule has 0 atom stereocenters. The lowest BCUT2D eigenvalue weighted by molar-refractivity contribution is -0.126. The average Bonchev–Trinajstić information content (AvgIpc) is 2.73. The number of likely N-dealkylation sites (N-methyl/N-ethyl adjacent to an activating group) is 1. The number of sulfonamides is 1. The highest BCUT2D eigenvalue weighted by molar-refractivity contribution is 7.90. The molecule has 0 radical (unpaired) electrons. The average molecular weight is 417 g/mol. The van der Waals surface area contributed by atoms with Crippen molar-refractivity contribution in [2.45, 2.75) is 6.54 Å². The van der Waals surface area contributed by atoms with Crippen LogP contribution >= 0.6 is 0 Å². The molecule has 0 saturated carbocycles. The van der Waals surface area contributed by atoms with E-state index < -0.39 is 10.0 Å². The predicted molar refractivity (Wildman–Crippen MR) is 111 cm³/mol. The molecule has 29 heavy (non-hydrogen) atoms. The third kappa shape index (κ3) is 4.51. The summed E-state index contributed by atoms with van der Waals surface area (Å²) in [4.78, 5) is 18.5. The second-order valence-electron chi connectivity index (χ2n) is 7.27. The van der Waals surface area contributed by atoms with Crippen LogP contribution in [0.4, 0.5) is 5.69 Å². The van der Waals surface area contributed by atoms with E-state index in [2.05, 4.69) is 21.4 Å². The Bertz CT molecular complexity index is 976. The Balaban J connectivity index is 1.40. The summed E-state index contributed by atoms with van der Waals surface area (Å²) in [6.45, 7) is 4.06. The van der Waals surface area contributed by atoms with Crippen LogP contribution in [0.5, 0.6) is 0 Å². The van der Waals surface area contributed by atoms with Gasteiger partial charge >= 0.3 is 0 Å². The fraction of sp³-hybridized carbons (Fsp3) is 0.400. The van der Waals surface area contributed by atoms with Gasteiger partial charge in [-0.15, -0.1) is 4.40 Å². The molecular formula is C20H24N4O4S. The topological polar surface area (TPSA) is 82.5 Å². The van der Waals surface area contributed by atoms with E-state index in [1.165, 1.54) is 0 Å². The van der Waals surface area contributed by atoms with Crippen LogP contribution in [-0.4, -0.2) is 75.6 Å². The second kappa shape index (κ2) is 8.00. The maximum atomic E-state index is 12.8. The van der Waals surface area contributed by atoms with Gasteiger partial charge in [0.25, 0.3) is 15.9 Å². The minimum Gasteiger partial charge on any atom is -0.378 e. The van der Waals surface area contributed by atoms with Gasteiger partial charge in [0.2, 0.25) is 0 Å². The molecule has 0 aliphatic carbocycles. The number of hydrogen-bond acceptors (Lipinski definition) is 6. The van der Waals surface area contributed by atoms with E-state index in [1.807, 2.05) is 12.1 Å². The van der Waals surface area contributed by atoms with Gasteiger partial charge in [0.05, 0.1) is 24.5 Å². The predicted octanol–water partition coefficient (Wildman–Crippen LogP) is 0.979. The molecule has 1 fully saturated rings. The van der Waals surface area contributed by atoms with Gasteiger partial charge < -0.3 is 19.4 Å². The van der Waals surface area contributed by atoms with Crippen molar-refractivity contribution >= 4 is 27.5 Å². The van der Waals surface area contributed by atoms with Gasteiger partial charge in [0, 0.05) is 45.1 Å². The Morgan fingerprint density at radius 2 is 1.86 bits per heavy atom. The molecule has 1 amide bonds. The number of hydrogen-bond donors (Lipinski definition) is 0. The molecular weight excluding hydrogens is 392 g/mol. The molecule has 3 aliphatic heterocycles. The number of carbonyl (C=O) groups is 1. The molecule has 1 aromatic rings. The fourth-order valence-corrected chi connectivity index (χ4v) is 4.50. The molecule has 0 bridgehead atoms. The Labute approximate surface area is 170 Å². The van der Waals surface area contributed by atoms with Gasteiger partial charge in [-0.25, -0.2) is 8.42 Å².